The fourth-order valence-electron chi connectivity index (χ4n) is 2.71. The lowest BCUT2D eigenvalue weighted by Crippen LogP contribution is -2.33. The van der Waals surface area contributed by atoms with Gasteiger partial charge in [-0.05, 0) is 25.3 Å². The second kappa shape index (κ2) is 8.28. The third-order valence-electron chi connectivity index (χ3n) is 3.97. The molecule has 1 N–H and O–H groups in total. The van der Waals surface area contributed by atoms with Crippen LogP contribution in [-0.4, -0.2) is 43.5 Å². The first-order valence-corrected chi connectivity index (χ1v) is 7.91. The normalized spacial score (nSPS) is 14.1. The Kier molecular flexibility index (Phi) is 6.11. The molecule has 0 saturated carbocycles. The maximum Gasteiger partial charge on any atom is 0.307 e. The van der Waals surface area contributed by atoms with Crippen molar-refractivity contribution in [2.75, 3.05) is 31.6 Å². The number of rotatable bonds is 6. The first-order valence-electron chi connectivity index (χ1n) is 7.91. The number of anilines is 1. The number of non-ortho nitro benzene ring substituents is 1. The van der Waals surface area contributed by atoms with Gasteiger partial charge in [0.25, 0.3) is 11.6 Å². The lowest BCUT2D eigenvalue weighted by Gasteiger charge is -2.30. The monoisotopic (exact) mass is 335 g/mol. The van der Waals surface area contributed by atoms with Crippen LogP contribution in [0.5, 0.6) is 0 Å². The molecule has 1 saturated heterocycles. The van der Waals surface area contributed by atoms with E-state index < -0.39 is 16.8 Å². The van der Waals surface area contributed by atoms with Crippen molar-refractivity contribution in [3.63, 3.8) is 0 Å². The van der Waals surface area contributed by atoms with Crippen molar-refractivity contribution in [1.82, 2.24) is 5.32 Å². The second-order valence-electron chi connectivity index (χ2n) is 5.59. The van der Waals surface area contributed by atoms with Gasteiger partial charge in [0.15, 0.2) is 0 Å². The third-order valence-corrected chi connectivity index (χ3v) is 3.97. The van der Waals surface area contributed by atoms with Crippen LogP contribution in [0.15, 0.2) is 18.2 Å². The number of methoxy groups -OCH3 is 1. The van der Waals surface area contributed by atoms with Crippen molar-refractivity contribution >= 4 is 23.3 Å². The topological polar surface area (TPSA) is 102 Å². The van der Waals surface area contributed by atoms with Crippen molar-refractivity contribution < 1.29 is 19.2 Å². The Hall–Kier alpha value is -2.64. The summed E-state index contributed by atoms with van der Waals surface area (Å²) < 4.78 is 4.52. The van der Waals surface area contributed by atoms with E-state index in [4.69, 9.17) is 0 Å². The summed E-state index contributed by atoms with van der Waals surface area (Å²) >= 11 is 0. The highest BCUT2D eigenvalue weighted by Crippen LogP contribution is 2.28. The Bertz CT molecular complexity index is 626. The van der Waals surface area contributed by atoms with Gasteiger partial charge >= 0.3 is 5.97 Å². The number of nitro benzene ring substituents is 1. The number of nitrogens with zero attached hydrogens (tertiary/aromatic N) is 2. The van der Waals surface area contributed by atoms with Crippen LogP contribution in [0.2, 0.25) is 0 Å². The van der Waals surface area contributed by atoms with E-state index in [2.05, 4.69) is 15.0 Å². The van der Waals surface area contributed by atoms with Crippen molar-refractivity contribution in [2.45, 2.75) is 25.7 Å². The summed E-state index contributed by atoms with van der Waals surface area (Å²) in [6, 6.07) is 4.32. The molecule has 1 aromatic rings. The molecule has 0 spiro atoms. The van der Waals surface area contributed by atoms with E-state index in [1.807, 2.05) is 0 Å². The second-order valence-corrected chi connectivity index (χ2v) is 5.59. The number of piperidine rings is 1. The summed E-state index contributed by atoms with van der Waals surface area (Å²) in [5.74, 6) is -0.853. The number of ether oxygens (including phenoxy) is 1. The number of carbonyl (C=O) groups excluding carboxylic acids is 2. The molecule has 2 rings (SSSR count). The molecule has 0 atom stereocenters. The average molecular weight is 335 g/mol. The van der Waals surface area contributed by atoms with Gasteiger partial charge in [-0.1, -0.05) is 0 Å². The summed E-state index contributed by atoms with van der Waals surface area (Å²) in [6.45, 7) is 1.76. The molecule has 24 heavy (non-hydrogen) atoms. The lowest BCUT2D eigenvalue weighted by molar-refractivity contribution is -0.384. The van der Waals surface area contributed by atoms with Crippen molar-refractivity contribution in [1.29, 1.82) is 0 Å². The Morgan fingerprint density at radius 3 is 2.62 bits per heavy atom. The first-order chi connectivity index (χ1) is 11.5. The van der Waals surface area contributed by atoms with Gasteiger partial charge in [-0.15, -0.1) is 0 Å². The van der Waals surface area contributed by atoms with Crippen LogP contribution >= 0.6 is 0 Å². The van der Waals surface area contributed by atoms with E-state index in [0.717, 1.165) is 32.4 Å². The Morgan fingerprint density at radius 2 is 2.00 bits per heavy atom. The molecule has 1 aromatic carbocycles. The number of nitro groups is 1. The van der Waals surface area contributed by atoms with Crippen LogP contribution in [0, 0.1) is 10.1 Å². The molecular formula is C16H21N3O5. The van der Waals surface area contributed by atoms with Gasteiger partial charge in [0.05, 0.1) is 29.7 Å². The molecule has 1 aliphatic rings. The first kappa shape index (κ1) is 17.7. The van der Waals surface area contributed by atoms with Gasteiger partial charge in [0.2, 0.25) is 0 Å². The molecule has 1 amide bonds. The average Bonchev–Trinajstić information content (AvgIpc) is 2.61. The molecular weight excluding hydrogens is 314 g/mol. The van der Waals surface area contributed by atoms with Crippen LogP contribution < -0.4 is 10.2 Å². The maximum atomic E-state index is 12.4. The van der Waals surface area contributed by atoms with E-state index >= 15 is 0 Å². The molecule has 130 valence electrons. The predicted octanol–water partition coefficient (Wildman–Crippen LogP) is 1.88. The summed E-state index contributed by atoms with van der Waals surface area (Å²) in [4.78, 5) is 36.1. The molecule has 1 aliphatic heterocycles. The third kappa shape index (κ3) is 4.43. The Labute approximate surface area is 139 Å². The van der Waals surface area contributed by atoms with E-state index in [1.165, 1.54) is 19.2 Å². The highest BCUT2D eigenvalue weighted by Gasteiger charge is 2.21. The minimum absolute atomic E-state index is 0.0518. The zero-order valence-electron chi connectivity index (χ0n) is 13.6. The number of esters is 1. The summed E-state index contributed by atoms with van der Waals surface area (Å²) in [6.07, 6.45) is 3.25. The summed E-state index contributed by atoms with van der Waals surface area (Å²) in [5.41, 5.74) is 0.820. The quantitative estimate of drug-likeness (QED) is 0.484. The minimum Gasteiger partial charge on any atom is -0.469 e. The fourth-order valence-corrected chi connectivity index (χ4v) is 2.71. The van der Waals surface area contributed by atoms with E-state index in [9.17, 15) is 19.7 Å². The Balaban J connectivity index is 2.19. The molecule has 0 unspecified atom stereocenters. The molecule has 1 fully saturated rings. The summed E-state index contributed by atoms with van der Waals surface area (Å²) in [5, 5.41) is 13.6. The highest BCUT2D eigenvalue weighted by molar-refractivity contribution is 6.00. The number of nitrogens with one attached hydrogen (secondary N) is 1. The van der Waals surface area contributed by atoms with Crippen LogP contribution in [-0.2, 0) is 9.53 Å². The van der Waals surface area contributed by atoms with Crippen LogP contribution in [0.4, 0.5) is 11.4 Å². The number of amides is 1. The lowest BCUT2D eigenvalue weighted by atomic mass is 10.1. The van der Waals surface area contributed by atoms with E-state index in [-0.39, 0.29) is 24.2 Å². The Morgan fingerprint density at radius 1 is 1.29 bits per heavy atom. The van der Waals surface area contributed by atoms with E-state index in [1.54, 1.807) is 6.07 Å². The van der Waals surface area contributed by atoms with Gasteiger partial charge in [-0.25, -0.2) is 0 Å². The van der Waals surface area contributed by atoms with Gasteiger partial charge in [-0.2, -0.15) is 0 Å². The van der Waals surface area contributed by atoms with Gasteiger partial charge < -0.3 is 15.0 Å². The van der Waals surface area contributed by atoms with Crippen molar-refractivity contribution in [3.8, 4) is 0 Å². The zero-order chi connectivity index (χ0) is 17.5. The molecule has 8 nitrogen and oxygen atoms in total. The van der Waals surface area contributed by atoms with Gasteiger partial charge in [0.1, 0.15) is 0 Å². The fraction of sp³-hybridized carbons (Fsp3) is 0.500. The summed E-state index contributed by atoms with van der Waals surface area (Å²) in [7, 11) is 1.28. The molecule has 0 radical (unpaired) electrons. The van der Waals surface area contributed by atoms with Crippen LogP contribution in [0.3, 0.4) is 0 Å². The highest BCUT2D eigenvalue weighted by atomic mass is 16.6. The standard InChI is InChI=1S/C16H21N3O5/c1-24-15(20)7-8-17-16(21)13-11-12(19(22)23)5-6-14(13)18-9-3-2-4-10-18/h5-6,11H,2-4,7-10H2,1H3,(H,17,21). The number of hydrogen-bond donors (Lipinski definition) is 1. The number of hydrogen-bond acceptors (Lipinski definition) is 6. The predicted molar refractivity (Wildman–Crippen MR) is 88.1 cm³/mol. The zero-order valence-corrected chi connectivity index (χ0v) is 13.6. The van der Waals surface area contributed by atoms with Gasteiger partial charge in [-0.3, -0.25) is 19.7 Å². The number of carbonyl (C=O) groups is 2. The van der Waals surface area contributed by atoms with Crippen LogP contribution in [0.1, 0.15) is 36.0 Å². The molecule has 0 bridgehead atoms. The minimum atomic E-state index is -0.523. The molecule has 8 heteroatoms. The van der Waals surface area contributed by atoms with Crippen LogP contribution in [0.25, 0.3) is 0 Å². The largest absolute Gasteiger partial charge is 0.469 e. The maximum absolute atomic E-state index is 12.4. The molecule has 0 aliphatic carbocycles. The smallest absolute Gasteiger partial charge is 0.307 e. The SMILES string of the molecule is COC(=O)CCNC(=O)c1cc([N+](=O)[O-])ccc1N1CCCCC1. The van der Waals surface area contributed by atoms with Gasteiger partial charge in [0, 0.05) is 31.8 Å². The number of benzene rings is 1. The molecule has 0 aromatic heterocycles. The van der Waals surface area contributed by atoms with Crippen molar-refractivity contribution in [3.05, 3.63) is 33.9 Å². The van der Waals surface area contributed by atoms with Crippen molar-refractivity contribution in [2.24, 2.45) is 0 Å². The molecule has 1 heterocycles. The van der Waals surface area contributed by atoms with E-state index in [0.29, 0.717) is 5.69 Å².